The van der Waals surface area contributed by atoms with Gasteiger partial charge < -0.3 is 30.1 Å². The highest BCUT2D eigenvalue weighted by Gasteiger charge is 2.46. The standard InChI is InChI=1S/C36H60NO11P/c1-26(18-16-19-27(2)22-24-46-49(44,45)48-36-33(41)32(40)31(39)30(25-38)47-36)17-12-10-8-6-4-3-5-7-9-11-15-23-37-34(42)28-20-13-14-21-29(28)35(37)43/h13-14,20-21,26-27,30-33,36,38-41H,3-12,15-19,22-25H2,1-2H3,(H,44,45)/t26?,27?,30-,31-,32+,33+,36+/m1/s1. The number of hydrogen-bond acceptors (Lipinski definition) is 10. The molecule has 5 N–H and O–H groups in total. The molecular weight excluding hydrogens is 653 g/mol. The first kappa shape index (κ1) is 41.7. The number of phosphoric acid groups is 1. The Balaban J connectivity index is 1.09. The van der Waals surface area contributed by atoms with Gasteiger partial charge in [0.25, 0.3) is 11.8 Å². The third kappa shape index (κ3) is 13.7. The van der Waals surface area contributed by atoms with Gasteiger partial charge in [-0.1, -0.05) is 116 Å². The summed E-state index contributed by atoms with van der Waals surface area (Å²) in [5.41, 5.74) is 1.05. The number of benzene rings is 1. The Labute approximate surface area is 291 Å². The fourth-order valence-electron chi connectivity index (χ4n) is 6.58. The van der Waals surface area contributed by atoms with Gasteiger partial charge in [-0.2, -0.15) is 0 Å². The van der Waals surface area contributed by atoms with Gasteiger partial charge in [-0.05, 0) is 36.8 Å². The van der Waals surface area contributed by atoms with Crippen LogP contribution in [-0.2, 0) is 18.3 Å². The van der Waals surface area contributed by atoms with Crippen LogP contribution in [0.25, 0.3) is 0 Å². The van der Waals surface area contributed by atoms with Gasteiger partial charge in [-0.25, -0.2) is 4.57 Å². The van der Waals surface area contributed by atoms with Crippen LogP contribution in [0.5, 0.6) is 0 Å². The molecule has 1 fully saturated rings. The molecular formula is C36H60NO11P. The van der Waals surface area contributed by atoms with E-state index in [9.17, 15) is 39.5 Å². The molecule has 8 atom stereocenters. The van der Waals surface area contributed by atoms with Crippen molar-refractivity contribution in [2.45, 2.75) is 147 Å². The third-order valence-corrected chi connectivity index (χ3v) is 10.8. The zero-order valence-electron chi connectivity index (χ0n) is 29.4. The highest BCUT2D eigenvalue weighted by molar-refractivity contribution is 7.47. The van der Waals surface area contributed by atoms with Gasteiger partial charge in [0.15, 0.2) is 6.29 Å². The highest BCUT2D eigenvalue weighted by atomic mass is 31.2. The van der Waals surface area contributed by atoms with E-state index >= 15 is 0 Å². The first-order chi connectivity index (χ1) is 23.4. The molecule has 0 radical (unpaired) electrons. The minimum Gasteiger partial charge on any atom is -0.394 e. The average molecular weight is 714 g/mol. The van der Waals surface area contributed by atoms with Gasteiger partial charge in [-0.15, -0.1) is 0 Å². The summed E-state index contributed by atoms with van der Waals surface area (Å²) in [5, 5.41) is 38.9. The molecule has 0 saturated carbocycles. The van der Waals surface area contributed by atoms with E-state index in [1.54, 1.807) is 24.3 Å². The molecule has 0 aromatic heterocycles. The molecule has 0 bridgehead atoms. The minimum atomic E-state index is -4.60. The first-order valence-corrected chi connectivity index (χ1v) is 19.9. The zero-order chi connectivity index (χ0) is 35.8. The van der Waals surface area contributed by atoms with Crippen LogP contribution in [0.4, 0.5) is 0 Å². The van der Waals surface area contributed by atoms with Crippen molar-refractivity contribution < 1.29 is 53.3 Å². The highest BCUT2D eigenvalue weighted by Crippen LogP contribution is 2.46. The van der Waals surface area contributed by atoms with Gasteiger partial charge >= 0.3 is 7.82 Å². The lowest BCUT2D eigenvalue weighted by molar-refractivity contribution is -0.281. The Morgan fingerprint density at radius 1 is 0.735 bits per heavy atom. The van der Waals surface area contributed by atoms with E-state index in [1.165, 1.54) is 62.7 Å². The largest absolute Gasteiger partial charge is 0.474 e. The van der Waals surface area contributed by atoms with Crippen LogP contribution in [0.1, 0.15) is 137 Å². The van der Waals surface area contributed by atoms with Gasteiger partial charge in [0.1, 0.15) is 24.4 Å². The normalized spacial score (nSPS) is 25.0. The molecule has 2 aliphatic rings. The SMILES string of the molecule is CC(CCCCCCCCCCCCCN1C(=O)c2ccccc2C1=O)CCCC(C)CCOP(=O)(O)O[C@@H]1O[C@H](CO)[C@@H](O)[C@H](O)[C@@H]1O. The van der Waals surface area contributed by atoms with Crippen LogP contribution in [0.15, 0.2) is 24.3 Å². The van der Waals surface area contributed by atoms with E-state index in [0.29, 0.717) is 30.0 Å². The Hall–Kier alpha value is -1.73. The number of imide groups is 1. The molecule has 49 heavy (non-hydrogen) atoms. The summed E-state index contributed by atoms with van der Waals surface area (Å²) >= 11 is 0. The summed E-state index contributed by atoms with van der Waals surface area (Å²) in [7, 11) is -4.60. The minimum absolute atomic E-state index is 0.0247. The molecule has 2 heterocycles. The second-order valence-corrected chi connectivity index (χ2v) is 15.4. The molecule has 13 heteroatoms. The molecule has 3 unspecified atom stereocenters. The number of unbranched alkanes of at least 4 members (excludes halogenated alkanes) is 10. The molecule has 1 saturated heterocycles. The number of ether oxygens (including phenoxy) is 1. The number of amides is 2. The molecule has 280 valence electrons. The maximum absolute atomic E-state index is 12.4. The fourth-order valence-corrected chi connectivity index (χ4v) is 7.42. The molecule has 12 nitrogen and oxygen atoms in total. The quantitative estimate of drug-likeness (QED) is 0.0474. The van der Waals surface area contributed by atoms with Crippen molar-refractivity contribution in [2.24, 2.45) is 11.8 Å². The van der Waals surface area contributed by atoms with Crippen molar-refractivity contribution in [2.75, 3.05) is 19.8 Å². The van der Waals surface area contributed by atoms with E-state index < -0.39 is 45.1 Å². The average Bonchev–Trinajstić information content (AvgIpc) is 3.31. The molecule has 3 rings (SSSR count). The molecule has 1 aromatic rings. The lowest BCUT2D eigenvalue weighted by Gasteiger charge is -2.39. The summed E-state index contributed by atoms with van der Waals surface area (Å²) in [6.07, 6.45) is 10.0. The van der Waals surface area contributed by atoms with E-state index in [2.05, 4.69) is 13.8 Å². The predicted octanol–water partition coefficient (Wildman–Crippen LogP) is 5.73. The number of fused-ring (bicyclic) bond motifs is 1. The topological polar surface area (TPSA) is 183 Å². The van der Waals surface area contributed by atoms with Crippen LogP contribution in [-0.4, -0.2) is 92.5 Å². The van der Waals surface area contributed by atoms with Gasteiger partial charge in [0.05, 0.1) is 24.3 Å². The van der Waals surface area contributed by atoms with Crippen LogP contribution < -0.4 is 0 Å². The summed E-state index contributed by atoms with van der Waals surface area (Å²) < 4.78 is 27.3. The van der Waals surface area contributed by atoms with E-state index in [0.717, 1.165) is 38.5 Å². The third-order valence-electron chi connectivity index (χ3n) is 9.80. The molecule has 0 spiro atoms. The van der Waals surface area contributed by atoms with Crippen molar-refractivity contribution in [3.05, 3.63) is 35.4 Å². The summed E-state index contributed by atoms with van der Waals surface area (Å²) in [4.78, 5) is 36.3. The molecule has 2 amide bonds. The zero-order valence-corrected chi connectivity index (χ0v) is 30.3. The van der Waals surface area contributed by atoms with Crippen molar-refractivity contribution in [3.63, 3.8) is 0 Å². The van der Waals surface area contributed by atoms with Crippen molar-refractivity contribution in [3.8, 4) is 0 Å². The monoisotopic (exact) mass is 713 g/mol. The smallest absolute Gasteiger partial charge is 0.394 e. The number of rotatable bonds is 25. The Bertz CT molecular complexity index is 1150. The molecule has 0 aliphatic carbocycles. The second-order valence-electron chi connectivity index (χ2n) is 14.0. The fraction of sp³-hybridized carbons (Fsp3) is 0.778. The van der Waals surface area contributed by atoms with Gasteiger partial charge in [0, 0.05) is 6.54 Å². The molecule has 1 aromatic carbocycles. The predicted molar refractivity (Wildman–Crippen MR) is 185 cm³/mol. The van der Waals surface area contributed by atoms with Crippen LogP contribution in [0.3, 0.4) is 0 Å². The van der Waals surface area contributed by atoms with Crippen LogP contribution in [0.2, 0.25) is 0 Å². The van der Waals surface area contributed by atoms with Crippen LogP contribution in [0, 0.1) is 11.8 Å². The number of aliphatic hydroxyl groups is 4. The van der Waals surface area contributed by atoms with E-state index in [-0.39, 0.29) is 24.3 Å². The number of carbonyl (C=O) groups excluding carboxylic acids is 2. The first-order valence-electron chi connectivity index (χ1n) is 18.4. The van der Waals surface area contributed by atoms with Crippen LogP contribution >= 0.6 is 7.82 Å². The van der Waals surface area contributed by atoms with Gasteiger partial charge in [-0.3, -0.25) is 23.5 Å². The second kappa shape index (κ2) is 21.6. The number of nitrogens with zero attached hydrogens (tertiary/aromatic N) is 1. The van der Waals surface area contributed by atoms with Gasteiger partial charge in [0.2, 0.25) is 0 Å². The number of carbonyl (C=O) groups is 2. The Kier molecular flexibility index (Phi) is 18.4. The number of hydrogen-bond donors (Lipinski definition) is 5. The maximum atomic E-state index is 12.4. The van der Waals surface area contributed by atoms with E-state index in [1.807, 2.05) is 0 Å². The Morgan fingerprint density at radius 3 is 1.78 bits per heavy atom. The van der Waals surface area contributed by atoms with Crippen molar-refractivity contribution in [1.82, 2.24) is 4.90 Å². The summed E-state index contributed by atoms with van der Waals surface area (Å²) in [6, 6.07) is 7.05. The lowest BCUT2D eigenvalue weighted by atomic mass is 9.93. The molecule has 2 aliphatic heterocycles. The van der Waals surface area contributed by atoms with Crippen molar-refractivity contribution >= 4 is 19.6 Å². The Morgan fingerprint density at radius 2 is 1.22 bits per heavy atom. The maximum Gasteiger partial charge on any atom is 0.474 e. The van der Waals surface area contributed by atoms with E-state index in [4.69, 9.17) is 13.8 Å². The summed E-state index contributed by atoms with van der Waals surface area (Å²) in [5.74, 6) is 0.622. The number of phosphoric ester groups is 1. The summed E-state index contributed by atoms with van der Waals surface area (Å²) in [6.45, 7) is 4.18. The lowest BCUT2D eigenvalue weighted by Crippen LogP contribution is -2.58. The van der Waals surface area contributed by atoms with Crippen molar-refractivity contribution in [1.29, 1.82) is 0 Å². The number of aliphatic hydroxyl groups excluding tert-OH is 4.